The number of anilines is 2. The summed E-state index contributed by atoms with van der Waals surface area (Å²) in [7, 11) is 0. The zero-order chi connectivity index (χ0) is 23.1. The number of benzene rings is 1. The molecule has 4 heterocycles. The van der Waals surface area contributed by atoms with E-state index in [1.807, 2.05) is 31.2 Å². The van der Waals surface area contributed by atoms with Crippen LogP contribution in [0.3, 0.4) is 0 Å². The summed E-state index contributed by atoms with van der Waals surface area (Å²) in [5, 5.41) is 12.2. The summed E-state index contributed by atoms with van der Waals surface area (Å²) >= 11 is 1.35. The van der Waals surface area contributed by atoms with Crippen molar-refractivity contribution in [2.45, 2.75) is 19.4 Å². The number of carboxylic acid groups (broad SMARTS) is 1. The molecule has 0 radical (unpaired) electrons. The molecule has 0 bridgehead atoms. The van der Waals surface area contributed by atoms with E-state index in [-0.39, 0.29) is 11.9 Å². The first-order chi connectivity index (χ1) is 15.9. The molecular weight excluding hydrogens is 442 g/mol. The number of hydrogen-bond donors (Lipinski definition) is 3. The van der Waals surface area contributed by atoms with E-state index in [4.69, 9.17) is 15.6 Å². The molecular formula is C23H25N5O4S. The molecule has 9 nitrogen and oxygen atoms in total. The minimum Gasteiger partial charge on any atom is -0.491 e. The van der Waals surface area contributed by atoms with Gasteiger partial charge in [0.15, 0.2) is 0 Å². The number of rotatable bonds is 3. The topological polar surface area (TPSA) is 121 Å². The molecule has 1 saturated heterocycles. The van der Waals surface area contributed by atoms with Gasteiger partial charge in [-0.3, -0.25) is 9.78 Å². The van der Waals surface area contributed by atoms with E-state index >= 15 is 0 Å². The lowest BCUT2D eigenvalue weighted by atomic mass is 10.0. The second-order valence-corrected chi connectivity index (χ2v) is 9.49. The zero-order valence-corrected chi connectivity index (χ0v) is 19.0. The number of aromatic nitrogens is 1. The maximum Gasteiger partial charge on any atom is 0.407 e. The lowest BCUT2D eigenvalue weighted by molar-refractivity contribution is 0.0920. The quantitative estimate of drug-likeness (QED) is 0.542. The average Bonchev–Trinajstić information content (AvgIpc) is 3.14. The van der Waals surface area contributed by atoms with Crippen LogP contribution in [-0.2, 0) is 6.42 Å². The first kappa shape index (κ1) is 21.3. The van der Waals surface area contributed by atoms with Crippen molar-refractivity contribution in [2.24, 2.45) is 0 Å². The second kappa shape index (κ2) is 8.43. The Hall–Kier alpha value is -3.53. The summed E-state index contributed by atoms with van der Waals surface area (Å²) in [5.41, 5.74) is 10.3. The van der Waals surface area contributed by atoms with Gasteiger partial charge in [-0.05, 0) is 36.6 Å². The Bertz CT molecular complexity index is 1240. The molecule has 0 aliphatic carbocycles. The van der Waals surface area contributed by atoms with Crippen LogP contribution in [-0.4, -0.2) is 65.8 Å². The van der Waals surface area contributed by atoms with Gasteiger partial charge in [-0.15, -0.1) is 11.3 Å². The molecule has 10 heteroatoms. The second-order valence-electron chi connectivity index (χ2n) is 8.44. The van der Waals surface area contributed by atoms with Crippen molar-refractivity contribution in [1.29, 1.82) is 0 Å². The van der Waals surface area contributed by atoms with Crippen LogP contribution >= 0.6 is 11.3 Å². The summed E-state index contributed by atoms with van der Waals surface area (Å²) in [5.74, 6) is 0.595. The fourth-order valence-electron chi connectivity index (χ4n) is 4.32. The molecule has 0 saturated carbocycles. The number of aryl methyl sites for hydroxylation is 1. The van der Waals surface area contributed by atoms with Gasteiger partial charge in [0.2, 0.25) is 0 Å². The maximum atomic E-state index is 12.9. The van der Waals surface area contributed by atoms with Gasteiger partial charge in [0.1, 0.15) is 22.8 Å². The predicted molar refractivity (Wildman–Crippen MR) is 127 cm³/mol. The molecule has 2 aromatic heterocycles. The fourth-order valence-corrected chi connectivity index (χ4v) is 5.40. The van der Waals surface area contributed by atoms with Gasteiger partial charge in [-0.1, -0.05) is 6.07 Å². The van der Waals surface area contributed by atoms with E-state index in [2.05, 4.69) is 15.2 Å². The van der Waals surface area contributed by atoms with Crippen LogP contribution in [0.5, 0.6) is 5.75 Å². The number of nitrogens with two attached hydrogens (primary N) is 1. The number of piperazine rings is 1. The highest BCUT2D eigenvalue weighted by molar-refractivity contribution is 7.21. The first-order valence-electron chi connectivity index (χ1n) is 10.8. The van der Waals surface area contributed by atoms with Crippen molar-refractivity contribution in [3.63, 3.8) is 0 Å². The Labute approximate surface area is 194 Å². The van der Waals surface area contributed by atoms with Gasteiger partial charge in [0.05, 0.1) is 16.4 Å². The van der Waals surface area contributed by atoms with Crippen LogP contribution in [0.1, 0.15) is 20.8 Å². The average molecular weight is 468 g/mol. The smallest absolute Gasteiger partial charge is 0.407 e. The van der Waals surface area contributed by atoms with Gasteiger partial charge in [0, 0.05) is 44.1 Å². The summed E-state index contributed by atoms with van der Waals surface area (Å²) in [4.78, 5) is 32.5. The number of nitrogens with one attached hydrogen (secondary N) is 1. The Morgan fingerprint density at radius 3 is 2.79 bits per heavy atom. The fraction of sp³-hybridized carbons (Fsp3) is 0.348. The van der Waals surface area contributed by atoms with Crippen LogP contribution in [0.2, 0.25) is 0 Å². The number of fused-ring (bicyclic) bond motifs is 2. The molecule has 2 aliphatic rings. The van der Waals surface area contributed by atoms with E-state index in [1.165, 1.54) is 16.2 Å². The molecule has 3 aromatic rings. The number of carbonyl (C=O) groups excluding carboxylic acids is 1. The molecule has 5 rings (SSSR count). The van der Waals surface area contributed by atoms with E-state index < -0.39 is 6.09 Å². The number of nitrogens with zero attached hydrogens (tertiary/aromatic N) is 3. The maximum absolute atomic E-state index is 12.9. The third kappa shape index (κ3) is 4.13. The molecule has 1 atom stereocenters. The number of ether oxygens (including phenoxy) is 1. The number of pyridine rings is 1. The molecule has 2 amide bonds. The van der Waals surface area contributed by atoms with Gasteiger partial charge >= 0.3 is 6.09 Å². The SMILES string of the molecule is Cc1cnc2c(N)c(C(=O)N[C@H]3COc4cc(N5CCN(C(=O)O)CC5)ccc4C3)sc2c1. The first-order valence-corrected chi connectivity index (χ1v) is 11.6. The van der Waals surface area contributed by atoms with Crippen molar-refractivity contribution >= 4 is 44.9 Å². The number of hydrogen-bond acceptors (Lipinski definition) is 7. The molecule has 0 spiro atoms. The highest BCUT2D eigenvalue weighted by Gasteiger charge is 2.26. The van der Waals surface area contributed by atoms with Crippen LogP contribution in [0.15, 0.2) is 30.5 Å². The van der Waals surface area contributed by atoms with Gasteiger partial charge in [-0.25, -0.2) is 4.79 Å². The van der Waals surface area contributed by atoms with Crippen LogP contribution in [0, 0.1) is 6.92 Å². The monoisotopic (exact) mass is 467 g/mol. The van der Waals surface area contributed by atoms with Gasteiger partial charge in [0.25, 0.3) is 5.91 Å². The van der Waals surface area contributed by atoms with Crippen molar-refractivity contribution in [1.82, 2.24) is 15.2 Å². The highest BCUT2D eigenvalue weighted by Crippen LogP contribution is 2.34. The third-order valence-electron chi connectivity index (χ3n) is 6.12. The Balaban J connectivity index is 1.25. The van der Waals surface area contributed by atoms with Crippen molar-refractivity contribution < 1.29 is 19.4 Å². The molecule has 172 valence electrons. The predicted octanol–water partition coefficient (Wildman–Crippen LogP) is 2.72. The molecule has 0 unspecified atom stereocenters. The summed E-state index contributed by atoms with van der Waals surface area (Å²) in [6.45, 7) is 4.59. The molecule has 33 heavy (non-hydrogen) atoms. The van der Waals surface area contributed by atoms with Gasteiger partial charge in [-0.2, -0.15) is 0 Å². The number of nitrogen functional groups attached to an aromatic ring is 1. The number of amides is 2. The van der Waals surface area contributed by atoms with Crippen molar-refractivity contribution in [3.8, 4) is 5.75 Å². The zero-order valence-electron chi connectivity index (χ0n) is 18.2. The lowest BCUT2D eigenvalue weighted by Crippen LogP contribution is -2.48. The van der Waals surface area contributed by atoms with Gasteiger partial charge < -0.3 is 30.7 Å². The Kier molecular flexibility index (Phi) is 5.45. The van der Waals surface area contributed by atoms with Crippen molar-refractivity contribution in [2.75, 3.05) is 43.4 Å². The summed E-state index contributed by atoms with van der Waals surface area (Å²) in [6.07, 6.45) is 1.54. The van der Waals surface area contributed by atoms with E-state index in [9.17, 15) is 9.59 Å². The highest BCUT2D eigenvalue weighted by atomic mass is 32.1. The van der Waals surface area contributed by atoms with Crippen LogP contribution in [0.25, 0.3) is 10.2 Å². The van der Waals surface area contributed by atoms with Crippen LogP contribution < -0.4 is 20.7 Å². The van der Waals surface area contributed by atoms with E-state index in [0.717, 1.165) is 27.3 Å². The molecule has 4 N–H and O–H groups in total. The standard InChI is InChI=1S/C23H25N5O4S/c1-13-8-18-20(25-11-13)19(24)21(33-18)22(29)26-15-9-14-2-3-16(10-17(14)32-12-15)27-4-6-28(7-5-27)23(30)31/h2-3,8,10-11,15H,4-7,9,12,24H2,1H3,(H,26,29)(H,30,31)/t15-/m1/s1. The van der Waals surface area contributed by atoms with Crippen molar-refractivity contribution in [3.05, 3.63) is 46.5 Å². The molecule has 1 fully saturated rings. The van der Waals surface area contributed by atoms with E-state index in [1.54, 1.807) is 6.20 Å². The largest absolute Gasteiger partial charge is 0.491 e. The van der Waals surface area contributed by atoms with E-state index in [0.29, 0.717) is 55.3 Å². The van der Waals surface area contributed by atoms with Crippen LogP contribution in [0.4, 0.5) is 16.2 Å². The minimum absolute atomic E-state index is 0.158. The lowest BCUT2D eigenvalue weighted by Gasteiger charge is -2.35. The Morgan fingerprint density at radius 1 is 1.24 bits per heavy atom. The Morgan fingerprint density at radius 2 is 2.03 bits per heavy atom. The summed E-state index contributed by atoms with van der Waals surface area (Å²) < 4.78 is 6.88. The normalized spacial score (nSPS) is 18.0. The third-order valence-corrected chi connectivity index (χ3v) is 7.26. The minimum atomic E-state index is -0.875. The number of thiophene rings is 1. The number of carbonyl (C=O) groups is 2. The molecule has 1 aromatic carbocycles. The molecule has 2 aliphatic heterocycles. The summed E-state index contributed by atoms with van der Waals surface area (Å²) in [6, 6.07) is 7.88.